The second-order valence-electron chi connectivity index (χ2n) is 3.96. The molecule has 0 unspecified atom stereocenters. The molecular weight excluding hydrogens is 226 g/mol. The number of pyridine rings is 1. The minimum Gasteiger partial charge on any atom is -0.398 e. The maximum Gasteiger partial charge on any atom is 0.255 e. The Morgan fingerprint density at radius 1 is 1.28 bits per heavy atom. The van der Waals surface area contributed by atoms with Crippen molar-refractivity contribution in [2.45, 2.75) is 13.3 Å². The number of rotatable bonds is 3. The highest BCUT2D eigenvalue weighted by Crippen LogP contribution is 2.19. The minimum absolute atomic E-state index is 0.166. The predicted molar refractivity (Wildman–Crippen MR) is 72.4 cm³/mol. The van der Waals surface area contributed by atoms with Gasteiger partial charge in [-0.3, -0.25) is 9.78 Å². The molecule has 1 amide bonds. The normalized spacial score (nSPS) is 10.1. The van der Waals surface area contributed by atoms with E-state index < -0.39 is 0 Å². The summed E-state index contributed by atoms with van der Waals surface area (Å²) in [5.41, 5.74) is 8.94. The molecule has 0 bridgehead atoms. The van der Waals surface area contributed by atoms with Crippen molar-refractivity contribution in [1.29, 1.82) is 0 Å². The first kappa shape index (κ1) is 12.1. The van der Waals surface area contributed by atoms with E-state index in [-0.39, 0.29) is 5.91 Å². The van der Waals surface area contributed by atoms with Gasteiger partial charge >= 0.3 is 0 Å². The lowest BCUT2D eigenvalue weighted by Crippen LogP contribution is -2.12. The summed E-state index contributed by atoms with van der Waals surface area (Å²) in [7, 11) is 0. The summed E-state index contributed by atoms with van der Waals surface area (Å²) in [6.45, 7) is 2.04. The smallest absolute Gasteiger partial charge is 0.255 e. The van der Waals surface area contributed by atoms with Gasteiger partial charge in [-0.15, -0.1) is 0 Å². The maximum absolute atomic E-state index is 11.9. The van der Waals surface area contributed by atoms with Gasteiger partial charge in [0.15, 0.2) is 0 Å². The Labute approximate surface area is 106 Å². The summed E-state index contributed by atoms with van der Waals surface area (Å²) in [5, 5.41) is 2.80. The molecule has 0 saturated carbocycles. The minimum atomic E-state index is -0.166. The molecule has 0 spiro atoms. The van der Waals surface area contributed by atoms with Gasteiger partial charge in [0.25, 0.3) is 5.91 Å². The van der Waals surface area contributed by atoms with Crippen molar-refractivity contribution >= 4 is 17.3 Å². The summed E-state index contributed by atoms with van der Waals surface area (Å²) in [5.74, 6) is -0.166. The van der Waals surface area contributed by atoms with Crippen LogP contribution in [0.1, 0.15) is 22.8 Å². The van der Waals surface area contributed by atoms with Crippen LogP contribution >= 0.6 is 0 Å². The van der Waals surface area contributed by atoms with Gasteiger partial charge in [-0.05, 0) is 36.2 Å². The fraction of sp³-hybridized carbons (Fsp3) is 0.143. The van der Waals surface area contributed by atoms with Gasteiger partial charge in [0.2, 0.25) is 0 Å². The van der Waals surface area contributed by atoms with E-state index in [9.17, 15) is 4.79 Å². The van der Waals surface area contributed by atoms with Crippen LogP contribution in [0.4, 0.5) is 11.4 Å². The lowest BCUT2D eigenvalue weighted by Gasteiger charge is -2.08. The van der Waals surface area contributed by atoms with E-state index in [4.69, 9.17) is 5.73 Å². The number of aryl methyl sites for hydroxylation is 1. The number of aromatic nitrogens is 1. The number of nitrogens with zero attached hydrogens (tertiary/aromatic N) is 1. The van der Waals surface area contributed by atoms with Crippen LogP contribution in [0.2, 0.25) is 0 Å². The number of hydrogen-bond donors (Lipinski definition) is 2. The number of nitrogens with two attached hydrogens (primary N) is 1. The van der Waals surface area contributed by atoms with Crippen molar-refractivity contribution in [2.75, 3.05) is 11.1 Å². The Morgan fingerprint density at radius 3 is 2.61 bits per heavy atom. The molecule has 2 aromatic rings. The fourth-order valence-corrected chi connectivity index (χ4v) is 1.70. The summed E-state index contributed by atoms with van der Waals surface area (Å²) in [6, 6.07) is 8.89. The second-order valence-corrected chi connectivity index (χ2v) is 3.96. The van der Waals surface area contributed by atoms with Crippen LogP contribution in [0.3, 0.4) is 0 Å². The molecule has 1 heterocycles. The number of hydrogen-bond acceptors (Lipinski definition) is 3. The van der Waals surface area contributed by atoms with Crippen molar-refractivity contribution in [3.8, 4) is 0 Å². The zero-order valence-electron chi connectivity index (χ0n) is 10.2. The molecule has 0 saturated heterocycles. The van der Waals surface area contributed by atoms with E-state index in [2.05, 4.69) is 10.3 Å². The SMILES string of the molecule is CCc1ccc(NC(=O)c2ccncc2)cc1N. The van der Waals surface area contributed by atoms with Gasteiger partial charge in [-0.2, -0.15) is 0 Å². The quantitative estimate of drug-likeness (QED) is 0.811. The zero-order valence-corrected chi connectivity index (χ0v) is 10.2. The number of nitrogen functional groups attached to an aromatic ring is 1. The summed E-state index contributed by atoms with van der Waals surface area (Å²) in [6.07, 6.45) is 4.05. The molecule has 2 rings (SSSR count). The predicted octanol–water partition coefficient (Wildman–Crippen LogP) is 2.48. The third-order valence-corrected chi connectivity index (χ3v) is 2.73. The Bertz CT molecular complexity index is 552. The molecule has 4 heteroatoms. The Morgan fingerprint density at radius 2 is 2.00 bits per heavy atom. The molecule has 0 aliphatic carbocycles. The van der Waals surface area contributed by atoms with Crippen molar-refractivity contribution in [3.05, 3.63) is 53.9 Å². The van der Waals surface area contributed by atoms with Crippen LogP contribution < -0.4 is 11.1 Å². The van der Waals surface area contributed by atoms with Crippen molar-refractivity contribution < 1.29 is 4.79 Å². The van der Waals surface area contributed by atoms with Gasteiger partial charge in [0.05, 0.1) is 0 Å². The van der Waals surface area contributed by atoms with E-state index in [0.29, 0.717) is 16.9 Å². The third kappa shape index (κ3) is 2.66. The van der Waals surface area contributed by atoms with E-state index in [1.165, 1.54) is 0 Å². The summed E-state index contributed by atoms with van der Waals surface area (Å²) in [4.78, 5) is 15.8. The monoisotopic (exact) mass is 241 g/mol. The highest BCUT2D eigenvalue weighted by atomic mass is 16.1. The molecule has 0 aliphatic rings. The number of benzene rings is 1. The van der Waals surface area contributed by atoms with Crippen LogP contribution in [0, 0.1) is 0 Å². The molecule has 1 aromatic carbocycles. The standard InChI is InChI=1S/C14H15N3O/c1-2-10-3-4-12(9-13(10)15)17-14(18)11-5-7-16-8-6-11/h3-9H,2,15H2,1H3,(H,17,18). The van der Waals surface area contributed by atoms with E-state index in [1.54, 1.807) is 30.6 Å². The van der Waals surface area contributed by atoms with Crippen LogP contribution in [-0.2, 0) is 6.42 Å². The average Bonchev–Trinajstić information content (AvgIpc) is 2.40. The molecule has 0 fully saturated rings. The first-order valence-electron chi connectivity index (χ1n) is 5.80. The fourth-order valence-electron chi connectivity index (χ4n) is 1.70. The topological polar surface area (TPSA) is 68.0 Å². The third-order valence-electron chi connectivity index (χ3n) is 2.73. The van der Waals surface area contributed by atoms with Crippen molar-refractivity contribution in [3.63, 3.8) is 0 Å². The van der Waals surface area contributed by atoms with E-state index in [0.717, 1.165) is 12.0 Å². The van der Waals surface area contributed by atoms with Gasteiger partial charge < -0.3 is 11.1 Å². The van der Waals surface area contributed by atoms with Crippen LogP contribution in [0.15, 0.2) is 42.7 Å². The van der Waals surface area contributed by atoms with Gasteiger partial charge in [0, 0.05) is 29.3 Å². The molecule has 0 radical (unpaired) electrons. The number of amides is 1. The van der Waals surface area contributed by atoms with Crippen LogP contribution in [-0.4, -0.2) is 10.9 Å². The lowest BCUT2D eigenvalue weighted by molar-refractivity contribution is 0.102. The first-order valence-corrected chi connectivity index (χ1v) is 5.80. The highest BCUT2D eigenvalue weighted by Gasteiger charge is 2.06. The number of nitrogens with one attached hydrogen (secondary N) is 1. The lowest BCUT2D eigenvalue weighted by atomic mass is 10.1. The van der Waals surface area contributed by atoms with Crippen LogP contribution in [0.5, 0.6) is 0 Å². The Kier molecular flexibility index (Phi) is 3.57. The number of carbonyl (C=O) groups excluding carboxylic acids is 1. The summed E-state index contributed by atoms with van der Waals surface area (Å²) >= 11 is 0. The molecule has 92 valence electrons. The summed E-state index contributed by atoms with van der Waals surface area (Å²) < 4.78 is 0. The molecule has 0 aliphatic heterocycles. The van der Waals surface area contributed by atoms with Crippen LogP contribution in [0.25, 0.3) is 0 Å². The zero-order chi connectivity index (χ0) is 13.0. The molecule has 1 aromatic heterocycles. The largest absolute Gasteiger partial charge is 0.398 e. The first-order chi connectivity index (χ1) is 8.70. The number of anilines is 2. The Balaban J connectivity index is 2.15. The van der Waals surface area contributed by atoms with E-state index >= 15 is 0 Å². The van der Waals surface area contributed by atoms with Gasteiger partial charge in [-0.1, -0.05) is 13.0 Å². The van der Waals surface area contributed by atoms with Gasteiger partial charge in [0.1, 0.15) is 0 Å². The highest BCUT2D eigenvalue weighted by molar-refractivity contribution is 6.04. The van der Waals surface area contributed by atoms with Crippen molar-refractivity contribution in [2.24, 2.45) is 0 Å². The molecular formula is C14H15N3O. The average molecular weight is 241 g/mol. The van der Waals surface area contributed by atoms with Crippen molar-refractivity contribution in [1.82, 2.24) is 4.98 Å². The van der Waals surface area contributed by atoms with Gasteiger partial charge in [-0.25, -0.2) is 0 Å². The second kappa shape index (κ2) is 5.31. The molecule has 3 N–H and O–H groups in total. The van der Waals surface area contributed by atoms with E-state index in [1.807, 2.05) is 19.1 Å². The Hall–Kier alpha value is -2.36. The molecule has 4 nitrogen and oxygen atoms in total. The number of carbonyl (C=O) groups is 1. The maximum atomic E-state index is 11.9. The molecule has 0 atom stereocenters. The molecule has 18 heavy (non-hydrogen) atoms.